The van der Waals surface area contributed by atoms with Gasteiger partial charge in [0.1, 0.15) is 5.75 Å². The average molecular weight is 255 g/mol. The first-order valence-corrected chi connectivity index (χ1v) is 6.46. The lowest BCUT2D eigenvalue weighted by Gasteiger charge is -2.22. The normalized spacial score (nSPS) is 13.9. The molecule has 98 valence electrons. The zero-order valence-electron chi connectivity index (χ0n) is 11.1. The molecule has 4 nitrogen and oxygen atoms in total. The van der Waals surface area contributed by atoms with Crippen LogP contribution in [0.3, 0.4) is 0 Å². The summed E-state index contributed by atoms with van der Waals surface area (Å²) in [6, 6.07) is 10.4. The van der Waals surface area contributed by atoms with Crippen LogP contribution in [0.15, 0.2) is 18.2 Å². The molecule has 0 spiro atoms. The highest BCUT2D eigenvalue weighted by atomic mass is 16.5. The van der Waals surface area contributed by atoms with Crippen molar-refractivity contribution in [2.75, 3.05) is 13.7 Å². The van der Waals surface area contributed by atoms with Crippen molar-refractivity contribution in [1.82, 2.24) is 4.90 Å². The van der Waals surface area contributed by atoms with Gasteiger partial charge < -0.3 is 4.74 Å². The largest absolute Gasteiger partial charge is 0.496 e. The van der Waals surface area contributed by atoms with Gasteiger partial charge >= 0.3 is 0 Å². The van der Waals surface area contributed by atoms with Crippen LogP contribution < -0.4 is 4.74 Å². The van der Waals surface area contributed by atoms with E-state index in [0.717, 1.165) is 24.4 Å². The molecular formula is C15H17N3O. The van der Waals surface area contributed by atoms with Gasteiger partial charge in [-0.15, -0.1) is 0 Å². The summed E-state index contributed by atoms with van der Waals surface area (Å²) in [5.74, 6) is 0.807. The number of hydrogen-bond donors (Lipinski definition) is 0. The maximum Gasteiger partial charge on any atom is 0.123 e. The molecule has 0 bridgehead atoms. The minimum atomic E-state index is 0.538. The van der Waals surface area contributed by atoms with E-state index in [0.29, 0.717) is 18.0 Å². The molecule has 0 atom stereocenters. The SMILES string of the molecule is COc1ccc(C#N)cc1CN(CCC#N)C1CC1. The fourth-order valence-corrected chi connectivity index (χ4v) is 2.21. The predicted octanol–water partition coefficient (Wildman–Crippen LogP) is 2.44. The smallest absolute Gasteiger partial charge is 0.123 e. The fraction of sp³-hybridized carbons (Fsp3) is 0.467. The van der Waals surface area contributed by atoms with E-state index in [1.54, 1.807) is 13.2 Å². The summed E-state index contributed by atoms with van der Waals surface area (Å²) in [5.41, 5.74) is 1.67. The number of ether oxygens (including phenoxy) is 1. The second-order valence-electron chi connectivity index (χ2n) is 4.75. The quantitative estimate of drug-likeness (QED) is 0.783. The molecule has 4 heteroatoms. The van der Waals surface area contributed by atoms with Crippen molar-refractivity contribution in [2.45, 2.75) is 31.8 Å². The third-order valence-electron chi connectivity index (χ3n) is 3.36. The molecule has 1 aromatic carbocycles. The van der Waals surface area contributed by atoms with E-state index in [1.807, 2.05) is 12.1 Å². The molecule has 0 radical (unpaired) electrons. The molecule has 0 aromatic heterocycles. The van der Waals surface area contributed by atoms with Crippen LogP contribution in [0.1, 0.15) is 30.4 Å². The highest BCUT2D eigenvalue weighted by molar-refractivity contribution is 5.42. The maximum absolute atomic E-state index is 8.98. The summed E-state index contributed by atoms with van der Waals surface area (Å²) in [5, 5.41) is 17.7. The Hall–Kier alpha value is -2.04. The first-order valence-electron chi connectivity index (χ1n) is 6.46. The second-order valence-corrected chi connectivity index (χ2v) is 4.75. The Morgan fingerprint density at radius 1 is 1.37 bits per heavy atom. The molecule has 1 aromatic rings. The van der Waals surface area contributed by atoms with E-state index in [9.17, 15) is 0 Å². The molecule has 0 amide bonds. The molecule has 2 rings (SSSR count). The summed E-state index contributed by atoms with van der Waals surface area (Å²) in [7, 11) is 1.64. The Kier molecular flexibility index (Phi) is 4.39. The van der Waals surface area contributed by atoms with Crippen molar-refractivity contribution in [3.63, 3.8) is 0 Å². The molecule has 0 N–H and O–H groups in total. The lowest BCUT2D eigenvalue weighted by molar-refractivity contribution is 0.256. The van der Waals surface area contributed by atoms with Crippen molar-refractivity contribution < 1.29 is 4.74 Å². The number of benzene rings is 1. The van der Waals surface area contributed by atoms with Gasteiger partial charge in [-0.05, 0) is 31.0 Å². The van der Waals surface area contributed by atoms with Crippen LogP contribution >= 0.6 is 0 Å². The van der Waals surface area contributed by atoms with Crippen LogP contribution in [0.2, 0.25) is 0 Å². The Morgan fingerprint density at radius 3 is 2.74 bits per heavy atom. The number of nitriles is 2. The zero-order chi connectivity index (χ0) is 13.7. The monoisotopic (exact) mass is 255 g/mol. The minimum Gasteiger partial charge on any atom is -0.496 e. The van der Waals surface area contributed by atoms with Gasteiger partial charge in [0.2, 0.25) is 0 Å². The van der Waals surface area contributed by atoms with Crippen LogP contribution in [0, 0.1) is 22.7 Å². The molecule has 1 saturated carbocycles. The van der Waals surface area contributed by atoms with Crippen LogP contribution in [-0.4, -0.2) is 24.6 Å². The zero-order valence-corrected chi connectivity index (χ0v) is 11.1. The van der Waals surface area contributed by atoms with Crippen LogP contribution in [0.4, 0.5) is 0 Å². The number of hydrogen-bond acceptors (Lipinski definition) is 4. The predicted molar refractivity (Wildman–Crippen MR) is 71.4 cm³/mol. The summed E-state index contributed by atoms with van der Waals surface area (Å²) >= 11 is 0. The molecule has 0 aliphatic heterocycles. The summed E-state index contributed by atoms with van der Waals surface area (Å²) < 4.78 is 5.35. The number of methoxy groups -OCH3 is 1. The molecule has 1 aliphatic rings. The van der Waals surface area contributed by atoms with E-state index < -0.39 is 0 Å². The van der Waals surface area contributed by atoms with Gasteiger partial charge in [-0.25, -0.2) is 0 Å². The van der Waals surface area contributed by atoms with Gasteiger partial charge in [-0.2, -0.15) is 10.5 Å². The summed E-state index contributed by atoms with van der Waals surface area (Å²) in [4.78, 5) is 2.31. The first kappa shape index (κ1) is 13.4. The molecule has 19 heavy (non-hydrogen) atoms. The Balaban J connectivity index is 2.15. The number of rotatable bonds is 6. The summed E-state index contributed by atoms with van der Waals surface area (Å²) in [6.07, 6.45) is 2.94. The van der Waals surface area contributed by atoms with E-state index in [2.05, 4.69) is 17.0 Å². The van der Waals surface area contributed by atoms with Gasteiger partial charge in [0.05, 0.1) is 24.8 Å². The van der Waals surface area contributed by atoms with E-state index in [-0.39, 0.29) is 0 Å². The minimum absolute atomic E-state index is 0.538. The molecular weight excluding hydrogens is 238 g/mol. The van der Waals surface area contributed by atoms with Crippen molar-refractivity contribution in [3.05, 3.63) is 29.3 Å². The van der Waals surface area contributed by atoms with Gasteiger partial charge in [-0.1, -0.05) is 0 Å². The number of nitrogens with zero attached hydrogens (tertiary/aromatic N) is 3. The van der Waals surface area contributed by atoms with Gasteiger partial charge in [0.25, 0.3) is 0 Å². The van der Waals surface area contributed by atoms with Gasteiger partial charge in [0.15, 0.2) is 0 Å². The highest BCUT2D eigenvalue weighted by Gasteiger charge is 2.29. The van der Waals surface area contributed by atoms with Crippen molar-refractivity contribution in [2.24, 2.45) is 0 Å². The molecule has 1 fully saturated rings. The highest BCUT2D eigenvalue weighted by Crippen LogP contribution is 2.30. The third-order valence-corrected chi connectivity index (χ3v) is 3.36. The van der Waals surface area contributed by atoms with Crippen LogP contribution in [-0.2, 0) is 6.54 Å². The van der Waals surface area contributed by atoms with Gasteiger partial charge in [0, 0.05) is 31.1 Å². The Labute approximate surface area is 113 Å². The topological polar surface area (TPSA) is 60.0 Å². The van der Waals surface area contributed by atoms with Crippen molar-refractivity contribution >= 4 is 0 Å². The first-order chi connectivity index (χ1) is 9.28. The Morgan fingerprint density at radius 2 is 2.16 bits per heavy atom. The lowest BCUT2D eigenvalue weighted by Crippen LogP contribution is -2.26. The third kappa shape index (κ3) is 3.47. The van der Waals surface area contributed by atoms with Crippen LogP contribution in [0.25, 0.3) is 0 Å². The molecule has 0 unspecified atom stereocenters. The second kappa shape index (κ2) is 6.22. The van der Waals surface area contributed by atoms with Crippen molar-refractivity contribution in [1.29, 1.82) is 10.5 Å². The fourth-order valence-electron chi connectivity index (χ4n) is 2.21. The van der Waals surface area contributed by atoms with E-state index in [1.165, 1.54) is 12.8 Å². The molecule has 1 aliphatic carbocycles. The van der Waals surface area contributed by atoms with Crippen molar-refractivity contribution in [3.8, 4) is 17.9 Å². The summed E-state index contributed by atoms with van der Waals surface area (Å²) in [6.45, 7) is 1.52. The van der Waals surface area contributed by atoms with E-state index in [4.69, 9.17) is 15.3 Å². The maximum atomic E-state index is 8.98. The van der Waals surface area contributed by atoms with Gasteiger partial charge in [-0.3, -0.25) is 4.90 Å². The standard InChI is InChI=1S/C15H17N3O/c1-19-15-6-3-12(10-17)9-13(15)11-18(8-2-7-16)14-4-5-14/h3,6,9,14H,2,4-5,8,11H2,1H3. The Bertz CT molecular complexity index is 523. The lowest BCUT2D eigenvalue weighted by atomic mass is 10.1. The average Bonchev–Trinajstić information content (AvgIpc) is 3.27. The molecule has 0 saturated heterocycles. The van der Waals surface area contributed by atoms with E-state index >= 15 is 0 Å². The molecule has 0 heterocycles. The van der Waals surface area contributed by atoms with Crippen LogP contribution in [0.5, 0.6) is 5.75 Å².